The van der Waals surface area contributed by atoms with Crippen LogP contribution in [-0.2, 0) is 0 Å². The smallest absolute Gasteiger partial charge is 0.112 e. The summed E-state index contributed by atoms with van der Waals surface area (Å²) < 4.78 is 0. The average molecular weight is 234 g/mol. The second-order valence-corrected chi connectivity index (χ2v) is 5.20. The molecule has 1 nitrogen and oxygen atoms in total. The molecule has 1 aliphatic rings. The molecule has 17 heavy (non-hydrogen) atoms. The lowest BCUT2D eigenvalue weighted by Crippen LogP contribution is -1.91. The van der Waals surface area contributed by atoms with E-state index in [1.807, 2.05) is 6.08 Å². The molecule has 1 aliphatic carbocycles. The van der Waals surface area contributed by atoms with Crippen molar-refractivity contribution in [2.75, 3.05) is 0 Å². The molecule has 1 rings (SSSR count). The van der Waals surface area contributed by atoms with Crippen LogP contribution in [0.4, 0.5) is 0 Å². The second kappa shape index (κ2) is 8.37. The summed E-state index contributed by atoms with van der Waals surface area (Å²) in [6, 6.07) is 0. The standard InChI is InChI=1S/C16H26O/c1-3-4-7-11-15-13-16(15)12-9-6-5-8-10-14(2)17/h5-6,14-17H,3-4,7,9,11-13H2,1-2H3/b6-5+. The molecule has 1 fully saturated rings. The Bertz CT molecular complexity index is 280. The molecule has 0 aromatic heterocycles. The fourth-order valence-electron chi connectivity index (χ4n) is 2.30. The maximum Gasteiger partial charge on any atom is 0.112 e. The Morgan fingerprint density at radius 1 is 1.29 bits per heavy atom. The number of hydrogen-bond donors (Lipinski definition) is 1. The summed E-state index contributed by atoms with van der Waals surface area (Å²) in [5.74, 6) is 7.58. The minimum atomic E-state index is -0.508. The normalized spacial score (nSPS) is 24.4. The lowest BCUT2D eigenvalue weighted by atomic mass is 10.1. The quantitative estimate of drug-likeness (QED) is 0.523. The van der Waals surface area contributed by atoms with Crippen LogP contribution in [0.1, 0.15) is 58.8 Å². The van der Waals surface area contributed by atoms with E-state index in [1.165, 1.54) is 38.5 Å². The molecule has 0 aromatic carbocycles. The SMILES string of the molecule is CCCCCC1CC1CC/C=C/C#CC(C)O. The molecule has 0 bridgehead atoms. The largest absolute Gasteiger partial charge is 0.381 e. The monoisotopic (exact) mass is 234 g/mol. The van der Waals surface area contributed by atoms with Crippen molar-refractivity contribution in [3.05, 3.63) is 12.2 Å². The van der Waals surface area contributed by atoms with Gasteiger partial charge in [0.15, 0.2) is 0 Å². The third-order valence-electron chi connectivity index (χ3n) is 3.45. The molecule has 1 saturated carbocycles. The van der Waals surface area contributed by atoms with E-state index in [2.05, 4.69) is 24.8 Å². The zero-order valence-corrected chi connectivity index (χ0v) is 11.3. The van der Waals surface area contributed by atoms with Crippen LogP contribution in [0.5, 0.6) is 0 Å². The van der Waals surface area contributed by atoms with Gasteiger partial charge < -0.3 is 5.11 Å². The molecular formula is C16H26O. The van der Waals surface area contributed by atoms with Gasteiger partial charge in [0.2, 0.25) is 0 Å². The molecule has 1 N–H and O–H groups in total. The van der Waals surface area contributed by atoms with Gasteiger partial charge in [-0.1, -0.05) is 50.5 Å². The highest BCUT2D eigenvalue weighted by Gasteiger charge is 2.34. The van der Waals surface area contributed by atoms with Crippen LogP contribution in [0.25, 0.3) is 0 Å². The van der Waals surface area contributed by atoms with Gasteiger partial charge >= 0.3 is 0 Å². The summed E-state index contributed by atoms with van der Waals surface area (Å²) in [6.07, 6.45) is 13.0. The lowest BCUT2D eigenvalue weighted by molar-refractivity contribution is 0.253. The van der Waals surface area contributed by atoms with Crippen molar-refractivity contribution in [2.24, 2.45) is 11.8 Å². The Labute approximate surface area is 106 Å². The predicted octanol–water partition coefficient (Wildman–Crippen LogP) is 3.92. The summed E-state index contributed by atoms with van der Waals surface area (Å²) in [5.41, 5.74) is 0. The summed E-state index contributed by atoms with van der Waals surface area (Å²) >= 11 is 0. The molecule has 3 atom stereocenters. The predicted molar refractivity (Wildman–Crippen MR) is 73.6 cm³/mol. The highest BCUT2D eigenvalue weighted by molar-refractivity contribution is 5.17. The van der Waals surface area contributed by atoms with Crippen molar-refractivity contribution in [3.8, 4) is 11.8 Å². The molecule has 0 saturated heterocycles. The molecule has 1 heteroatoms. The molecule has 0 heterocycles. The Morgan fingerprint density at radius 2 is 2.06 bits per heavy atom. The summed E-state index contributed by atoms with van der Waals surface area (Å²) in [6.45, 7) is 3.95. The van der Waals surface area contributed by atoms with Gasteiger partial charge in [-0.05, 0) is 44.1 Å². The number of unbranched alkanes of at least 4 members (excludes halogenated alkanes) is 2. The van der Waals surface area contributed by atoms with E-state index in [4.69, 9.17) is 5.11 Å². The molecule has 0 aromatic rings. The van der Waals surface area contributed by atoms with Gasteiger partial charge in [0.25, 0.3) is 0 Å². The maximum absolute atomic E-state index is 8.94. The first kappa shape index (κ1) is 14.3. The fourth-order valence-corrected chi connectivity index (χ4v) is 2.30. The van der Waals surface area contributed by atoms with E-state index < -0.39 is 6.10 Å². The molecule has 0 radical (unpaired) electrons. The minimum Gasteiger partial charge on any atom is -0.381 e. The van der Waals surface area contributed by atoms with Gasteiger partial charge in [-0.2, -0.15) is 0 Å². The number of allylic oxidation sites excluding steroid dienone is 2. The number of aliphatic hydroxyl groups excluding tert-OH is 1. The van der Waals surface area contributed by atoms with Crippen molar-refractivity contribution in [2.45, 2.75) is 64.9 Å². The molecular weight excluding hydrogens is 208 g/mol. The van der Waals surface area contributed by atoms with Crippen molar-refractivity contribution in [1.29, 1.82) is 0 Å². The highest BCUT2D eigenvalue weighted by Crippen LogP contribution is 2.45. The Morgan fingerprint density at radius 3 is 2.76 bits per heavy atom. The Kier molecular flexibility index (Phi) is 7.05. The summed E-state index contributed by atoms with van der Waals surface area (Å²) in [4.78, 5) is 0. The van der Waals surface area contributed by atoms with E-state index in [-0.39, 0.29) is 0 Å². The van der Waals surface area contributed by atoms with Gasteiger partial charge in [-0.25, -0.2) is 0 Å². The Hall–Kier alpha value is -0.740. The van der Waals surface area contributed by atoms with E-state index in [1.54, 1.807) is 6.92 Å². The summed E-state index contributed by atoms with van der Waals surface area (Å²) in [5, 5.41) is 8.94. The first-order chi connectivity index (χ1) is 8.24. The zero-order chi connectivity index (χ0) is 12.5. The lowest BCUT2D eigenvalue weighted by Gasteiger charge is -1.97. The van der Waals surface area contributed by atoms with E-state index in [0.29, 0.717) is 0 Å². The fraction of sp³-hybridized carbons (Fsp3) is 0.750. The van der Waals surface area contributed by atoms with E-state index >= 15 is 0 Å². The van der Waals surface area contributed by atoms with Crippen LogP contribution >= 0.6 is 0 Å². The van der Waals surface area contributed by atoms with Gasteiger partial charge in [-0.15, -0.1) is 0 Å². The Balaban J connectivity index is 1.97. The van der Waals surface area contributed by atoms with Crippen LogP contribution < -0.4 is 0 Å². The van der Waals surface area contributed by atoms with E-state index in [0.717, 1.165) is 18.3 Å². The number of rotatable bonds is 7. The molecule has 0 spiro atoms. The topological polar surface area (TPSA) is 20.2 Å². The van der Waals surface area contributed by atoms with Crippen LogP contribution in [0.3, 0.4) is 0 Å². The van der Waals surface area contributed by atoms with Crippen LogP contribution in [0.2, 0.25) is 0 Å². The van der Waals surface area contributed by atoms with Gasteiger partial charge in [-0.3, -0.25) is 0 Å². The molecule has 96 valence electrons. The van der Waals surface area contributed by atoms with Gasteiger partial charge in [0, 0.05) is 0 Å². The third kappa shape index (κ3) is 7.23. The van der Waals surface area contributed by atoms with E-state index in [9.17, 15) is 0 Å². The number of aliphatic hydroxyl groups is 1. The van der Waals surface area contributed by atoms with Crippen molar-refractivity contribution in [3.63, 3.8) is 0 Å². The van der Waals surface area contributed by atoms with Crippen molar-refractivity contribution in [1.82, 2.24) is 0 Å². The zero-order valence-electron chi connectivity index (χ0n) is 11.3. The van der Waals surface area contributed by atoms with Crippen LogP contribution in [0.15, 0.2) is 12.2 Å². The van der Waals surface area contributed by atoms with Crippen LogP contribution in [-0.4, -0.2) is 11.2 Å². The molecule has 0 amide bonds. The average Bonchev–Trinajstić information content (AvgIpc) is 3.02. The van der Waals surface area contributed by atoms with Gasteiger partial charge in [0.05, 0.1) is 0 Å². The van der Waals surface area contributed by atoms with Crippen molar-refractivity contribution < 1.29 is 5.11 Å². The maximum atomic E-state index is 8.94. The second-order valence-electron chi connectivity index (χ2n) is 5.20. The summed E-state index contributed by atoms with van der Waals surface area (Å²) in [7, 11) is 0. The van der Waals surface area contributed by atoms with Gasteiger partial charge in [0.1, 0.15) is 6.10 Å². The third-order valence-corrected chi connectivity index (χ3v) is 3.45. The first-order valence-electron chi connectivity index (χ1n) is 7.08. The van der Waals surface area contributed by atoms with Crippen molar-refractivity contribution >= 4 is 0 Å². The number of hydrogen-bond acceptors (Lipinski definition) is 1. The van der Waals surface area contributed by atoms with Crippen LogP contribution in [0, 0.1) is 23.7 Å². The molecule has 3 unspecified atom stereocenters. The first-order valence-corrected chi connectivity index (χ1v) is 7.08. The molecule has 0 aliphatic heterocycles. The highest BCUT2D eigenvalue weighted by atomic mass is 16.3. The minimum absolute atomic E-state index is 0.508.